The number of sulfonamides is 1. The highest BCUT2D eigenvalue weighted by atomic mass is 32.2. The van der Waals surface area contributed by atoms with Gasteiger partial charge in [0, 0.05) is 48.8 Å². The summed E-state index contributed by atoms with van der Waals surface area (Å²) in [6.45, 7) is 3.43. The molecule has 0 unspecified atom stereocenters. The number of benzene rings is 1. The number of aromatic nitrogens is 1. The molecule has 4 N–H and O–H groups in total. The Bertz CT molecular complexity index is 1360. The lowest BCUT2D eigenvalue weighted by Gasteiger charge is -2.33. The first kappa shape index (κ1) is 25.5. The van der Waals surface area contributed by atoms with E-state index in [9.17, 15) is 23.1 Å². The van der Waals surface area contributed by atoms with Crippen LogP contribution < -0.4 is 10.0 Å². The Hall–Kier alpha value is -3.15. The fraction of sp³-hybridized carbons (Fsp3) is 0.462. The molecule has 1 saturated heterocycles. The van der Waals surface area contributed by atoms with Crippen LogP contribution >= 0.6 is 0 Å². The van der Waals surface area contributed by atoms with Gasteiger partial charge in [0.1, 0.15) is 0 Å². The molecule has 0 spiro atoms. The maximum atomic E-state index is 12.9. The van der Waals surface area contributed by atoms with E-state index in [1.807, 2.05) is 6.08 Å². The van der Waals surface area contributed by atoms with Crippen LogP contribution in [0.15, 0.2) is 23.1 Å². The Morgan fingerprint density at radius 2 is 1.92 bits per heavy atom. The molecule has 1 aliphatic carbocycles. The molecule has 10 nitrogen and oxygen atoms in total. The van der Waals surface area contributed by atoms with Crippen molar-refractivity contribution in [3.63, 3.8) is 0 Å². The largest absolute Gasteiger partial charge is 0.465 e. The van der Waals surface area contributed by atoms with E-state index in [1.165, 1.54) is 34.8 Å². The molecule has 5 rings (SSSR count). The molecule has 1 fully saturated rings. The summed E-state index contributed by atoms with van der Waals surface area (Å²) in [6.07, 6.45) is 7.06. The van der Waals surface area contributed by atoms with Crippen LogP contribution in [0.4, 0.5) is 10.5 Å². The SMILES string of the molecule is CNS(=O)(=O)c1ccc2c(c1)C(=Cc1[nH]c3c(c1CCCN1CCN(C(=O)O)CC1)CCCC3)C(=O)N2. The fourth-order valence-electron chi connectivity index (χ4n) is 5.57. The number of H-pyrrole nitrogens is 1. The van der Waals surface area contributed by atoms with Gasteiger partial charge in [-0.25, -0.2) is 17.9 Å². The summed E-state index contributed by atoms with van der Waals surface area (Å²) >= 11 is 0. The second-order valence-electron chi connectivity index (χ2n) is 9.82. The van der Waals surface area contributed by atoms with Crippen molar-refractivity contribution in [2.45, 2.75) is 43.4 Å². The topological polar surface area (TPSA) is 135 Å². The van der Waals surface area contributed by atoms with E-state index < -0.39 is 16.1 Å². The minimum atomic E-state index is -3.64. The summed E-state index contributed by atoms with van der Waals surface area (Å²) in [5.41, 5.74) is 6.36. The molecule has 1 aromatic carbocycles. The third kappa shape index (κ3) is 5.16. The van der Waals surface area contributed by atoms with Gasteiger partial charge in [-0.2, -0.15) is 0 Å². The van der Waals surface area contributed by atoms with E-state index in [1.54, 1.807) is 12.1 Å². The molecule has 0 atom stereocenters. The molecule has 0 bridgehead atoms. The lowest BCUT2D eigenvalue weighted by atomic mass is 9.92. The van der Waals surface area contributed by atoms with Crippen LogP contribution in [-0.2, 0) is 34.1 Å². The summed E-state index contributed by atoms with van der Waals surface area (Å²) in [5, 5.41) is 12.0. The van der Waals surface area contributed by atoms with Gasteiger partial charge in [0.2, 0.25) is 10.0 Å². The number of fused-ring (bicyclic) bond motifs is 2. The van der Waals surface area contributed by atoms with Crippen LogP contribution in [0.1, 0.15) is 47.3 Å². The molecule has 3 heterocycles. The van der Waals surface area contributed by atoms with Crippen LogP contribution in [-0.4, -0.2) is 80.1 Å². The molecule has 11 heteroatoms. The van der Waals surface area contributed by atoms with Gasteiger partial charge in [-0.05, 0) is 87.5 Å². The van der Waals surface area contributed by atoms with Crippen molar-refractivity contribution in [1.29, 1.82) is 0 Å². The van der Waals surface area contributed by atoms with Crippen LogP contribution in [0.3, 0.4) is 0 Å². The number of piperazine rings is 1. The van der Waals surface area contributed by atoms with Crippen molar-refractivity contribution < 1.29 is 23.1 Å². The zero-order chi connectivity index (χ0) is 26.2. The minimum absolute atomic E-state index is 0.116. The molecule has 1 aromatic heterocycles. The molecule has 37 heavy (non-hydrogen) atoms. The van der Waals surface area contributed by atoms with Crippen molar-refractivity contribution in [2.24, 2.45) is 0 Å². The molecule has 0 saturated carbocycles. The standard InChI is InChI=1S/C26H33N5O5S/c1-27-37(35,36)17-8-9-23-20(15-17)21(25(32)29-23)16-24-19(18-5-2-3-7-22(18)28-24)6-4-10-30-11-13-31(14-12-30)26(33)34/h8-9,15-16,27-28H,2-7,10-14H2,1H3,(H,29,32)(H,33,34). The number of aromatic amines is 1. The van der Waals surface area contributed by atoms with Crippen LogP contribution in [0, 0.1) is 0 Å². The van der Waals surface area contributed by atoms with Gasteiger partial charge in [-0.1, -0.05) is 0 Å². The molecular weight excluding hydrogens is 494 g/mol. The van der Waals surface area contributed by atoms with E-state index in [2.05, 4.69) is 19.9 Å². The van der Waals surface area contributed by atoms with Gasteiger partial charge >= 0.3 is 6.09 Å². The van der Waals surface area contributed by atoms with Gasteiger partial charge in [-0.15, -0.1) is 0 Å². The van der Waals surface area contributed by atoms with E-state index in [0.717, 1.165) is 63.9 Å². The van der Waals surface area contributed by atoms with Gasteiger partial charge < -0.3 is 20.3 Å². The molecule has 198 valence electrons. The number of carboxylic acid groups (broad SMARTS) is 1. The number of aryl methyl sites for hydroxylation is 1. The number of rotatable bonds is 7. The first-order valence-electron chi connectivity index (χ1n) is 12.8. The van der Waals surface area contributed by atoms with E-state index in [0.29, 0.717) is 29.9 Å². The number of amides is 2. The Balaban J connectivity index is 1.39. The third-order valence-corrected chi connectivity index (χ3v) is 9.04. The first-order chi connectivity index (χ1) is 17.8. The Labute approximate surface area is 216 Å². The first-order valence-corrected chi connectivity index (χ1v) is 14.3. The summed E-state index contributed by atoms with van der Waals surface area (Å²) < 4.78 is 27.0. The summed E-state index contributed by atoms with van der Waals surface area (Å²) in [6, 6.07) is 4.66. The average molecular weight is 528 g/mol. The molecule has 2 aromatic rings. The summed E-state index contributed by atoms with van der Waals surface area (Å²) in [5.74, 6) is -0.246. The van der Waals surface area contributed by atoms with Gasteiger partial charge in [0.05, 0.1) is 10.5 Å². The van der Waals surface area contributed by atoms with Gasteiger partial charge in [-0.3, -0.25) is 9.69 Å². The van der Waals surface area contributed by atoms with Crippen LogP contribution in [0.2, 0.25) is 0 Å². The number of hydrogen-bond donors (Lipinski definition) is 4. The minimum Gasteiger partial charge on any atom is -0.465 e. The second-order valence-corrected chi connectivity index (χ2v) is 11.7. The second kappa shape index (κ2) is 10.3. The van der Waals surface area contributed by atoms with Crippen LogP contribution in [0.5, 0.6) is 0 Å². The van der Waals surface area contributed by atoms with Gasteiger partial charge in [0.25, 0.3) is 5.91 Å². The zero-order valence-electron chi connectivity index (χ0n) is 21.0. The van der Waals surface area contributed by atoms with E-state index in [-0.39, 0.29) is 10.8 Å². The maximum absolute atomic E-state index is 12.9. The van der Waals surface area contributed by atoms with Crippen LogP contribution in [0.25, 0.3) is 11.6 Å². The fourth-order valence-corrected chi connectivity index (χ4v) is 6.32. The van der Waals surface area contributed by atoms with Crippen molar-refractivity contribution in [3.8, 4) is 0 Å². The predicted molar refractivity (Wildman–Crippen MR) is 141 cm³/mol. The number of carbonyl (C=O) groups excluding carboxylic acids is 1. The van der Waals surface area contributed by atoms with Crippen molar-refractivity contribution in [3.05, 3.63) is 46.3 Å². The lowest BCUT2D eigenvalue weighted by Crippen LogP contribution is -2.48. The van der Waals surface area contributed by atoms with Gasteiger partial charge in [0.15, 0.2) is 0 Å². The smallest absolute Gasteiger partial charge is 0.407 e. The quantitative estimate of drug-likeness (QED) is 0.409. The highest BCUT2D eigenvalue weighted by molar-refractivity contribution is 7.89. The average Bonchev–Trinajstić information content (AvgIpc) is 3.40. The summed E-state index contributed by atoms with van der Waals surface area (Å²) in [4.78, 5) is 31.5. The normalized spacial score (nSPS) is 19.1. The van der Waals surface area contributed by atoms with Crippen molar-refractivity contribution >= 4 is 39.4 Å². The lowest BCUT2D eigenvalue weighted by molar-refractivity contribution is -0.110. The maximum Gasteiger partial charge on any atom is 0.407 e. The molecule has 2 aliphatic heterocycles. The summed E-state index contributed by atoms with van der Waals surface area (Å²) in [7, 11) is -2.27. The molecule has 2 amide bonds. The number of carbonyl (C=O) groups is 2. The monoisotopic (exact) mass is 527 g/mol. The Morgan fingerprint density at radius 3 is 2.65 bits per heavy atom. The number of hydrogen-bond acceptors (Lipinski definition) is 5. The van der Waals surface area contributed by atoms with E-state index in [4.69, 9.17) is 0 Å². The highest BCUT2D eigenvalue weighted by Gasteiger charge is 2.28. The number of nitrogens with zero attached hydrogens (tertiary/aromatic N) is 2. The Kier molecular flexibility index (Phi) is 7.11. The van der Waals surface area contributed by atoms with Crippen molar-refractivity contribution in [1.82, 2.24) is 19.5 Å². The number of nitrogens with one attached hydrogen (secondary N) is 3. The zero-order valence-corrected chi connectivity index (χ0v) is 21.8. The molecule has 0 radical (unpaired) electrons. The van der Waals surface area contributed by atoms with E-state index >= 15 is 0 Å². The molecule has 3 aliphatic rings. The number of anilines is 1. The predicted octanol–water partition coefficient (Wildman–Crippen LogP) is 2.52. The highest BCUT2D eigenvalue weighted by Crippen LogP contribution is 2.37. The molecular formula is C26H33N5O5S. The van der Waals surface area contributed by atoms with Crippen molar-refractivity contribution in [2.75, 3.05) is 45.1 Å². The Morgan fingerprint density at radius 1 is 1.16 bits per heavy atom. The third-order valence-electron chi connectivity index (χ3n) is 7.63.